The van der Waals surface area contributed by atoms with Gasteiger partial charge in [0.15, 0.2) is 5.78 Å². The van der Waals surface area contributed by atoms with Crippen molar-refractivity contribution in [1.82, 2.24) is 4.98 Å². The summed E-state index contributed by atoms with van der Waals surface area (Å²) in [5.74, 6) is 0.109. The van der Waals surface area contributed by atoms with Crippen LogP contribution in [0.3, 0.4) is 0 Å². The second-order valence-electron chi connectivity index (χ2n) is 5.34. The first-order valence-corrected chi connectivity index (χ1v) is 7.06. The van der Waals surface area contributed by atoms with Crippen molar-refractivity contribution in [2.24, 2.45) is 0 Å². The number of hydrogen-bond donors (Lipinski definition) is 0. The fourth-order valence-corrected chi connectivity index (χ4v) is 2.71. The molecule has 0 atom stereocenters. The van der Waals surface area contributed by atoms with E-state index in [1.54, 1.807) is 6.20 Å². The molecule has 0 N–H and O–H groups in total. The van der Waals surface area contributed by atoms with Crippen molar-refractivity contribution in [1.29, 1.82) is 0 Å². The molecule has 2 rings (SSSR count). The van der Waals surface area contributed by atoms with Gasteiger partial charge in [0.05, 0.1) is 0 Å². The molecule has 2 heteroatoms. The minimum absolute atomic E-state index is 0.109. The van der Waals surface area contributed by atoms with E-state index in [0.29, 0.717) is 12.1 Å². The molecule has 0 bridgehead atoms. The summed E-state index contributed by atoms with van der Waals surface area (Å²) in [4.78, 5) is 16.8. The van der Waals surface area contributed by atoms with E-state index in [9.17, 15) is 4.79 Å². The van der Waals surface area contributed by atoms with Gasteiger partial charge in [0.25, 0.3) is 0 Å². The zero-order chi connectivity index (χ0) is 14.7. The molecule has 1 aromatic heterocycles. The number of pyridine rings is 1. The van der Waals surface area contributed by atoms with Crippen LogP contribution in [0.1, 0.15) is 45.2 Å². The number of benzene rings is 1. The Bertz CT molecular complexity index is 621. The highest BCUT2D eigenvalue weighted by atomic mass is 16.1. The summed E-state index contributed by atoms with van der Waals surface area (Å²) in [5.41, 5.74) is 6.39. The van der Waals surface area contributed by atoms with Crippen LogP contribution in [0.5, 0.6) is 0 Å². The van der Waals surface area contributed by atoms with Gasteiger partial charge in [-0.1, -0.05) is 30.7 Å². The normalized spacial score (nSPS) is 10.6. The Morgan fingerprint density at radius 1 is 1.15 bits per heavy atom. The van der Waals surface area contributed by atoms with Crippen LogP contribution in [-0.4, -0.2) is 10.8 Å². The standard InChI is InChI=1S/C18H21NO/c1-5-15-7-6-8-19-18(15)17(20)11-16-13(3)9-12(2)10-14(16)4/h6-10H,5,11H2,1-4H3. The minimum Gasteiger partial charge on any atom is -0.292 e. The number of aromatic nitrogens is 1. The summed E-state index contributed by atoms with van der Waals surface area (Å²) in [6, 6.07) is 8.14. The van der Waals surface area contributed by atoms with Crippen LogP contribution < -0.4 is 0 Å². The van der Waals surface area contributed by atoms with Gasteiger partial charge in [-0.15, -0.1) is 0 Å². The van der Waals surface area contributed by atoms with Crippen molar-refractivity contribution >= 4 is 5.78 Å². The van der Waals surface area contributed by atoms with Gasteiger partial charge in [0, 0.05) is 12.6 Å². The Morgan fingerprint density at radius 3 is 2.40 bits per heavy atom. The average Bonchev–Trinajstić information content (AvgIpc) is 2.42. The maximum absolute atomic E-state index is 12.5. The number of carbonyl (C=O) groups excluding carboxylic acids is 1. The number of carbonyl (C=O) groups is 1. The van der Waals surface area contributed by atoms with Gasteiger partial charge in [0.1, 0.15) is 5.69 Å². The van der Waals surface area contributed by atoms with Crippen molar-refractivity contribution in [2.75, 3.05) is 0 Å². The summed E-state index contributed by atoms with van der Waals surface area (Å²) < 4.78 is 0. The van der Waals surface area contributed by atoms with Crippen LogP contribution in [0.25, 0.3) is 0 Å². The molecule has 0 fully saturated rings. The van der Waals surface area contributed by atoms with E-state index >= 15 is 0 Å². The van der Waals surface area contributed by atoms with Gasteiger partial charge in [-0.3, -0.25) is 9.78 Å². The average molecular weight is 267 g/mol. The summed E-state index contributed by atoms with van der Waals surface area (Å²) in [6.07, 6.45) is 2.96. The third-order valence-electron chi connectivity index (χ3n) is 3.71. The third kappa shape index (κ3) is 2.96. The second-order valence-corrected chi connectivity index (χ2v) is 5.34. The lowest BCUT2D eigenvalue weighted by atomic mass is 9.94. The second kappa shape index (κ2) is 6.00. The highest BCUT2D eigenvalue weighted by Gasteiger charge is 2.15. The molecule has 1 aromatic carbocycles. The van der Waals surface area contributed by atoms with Crippen molar-refractivity contribution in [3.05, 3.63) is 64.0 Å². The smallest absolute Gasteiger partial charge is 0.185 e. The molecular formula is C18H21NO. The van der Waals surface area contributed by atoms with Crippen LogP contribution in [0.4, 0.5) is 0 Å². The van der Waals surface area contributed by atoms with E-state index in [2.05, 4.69) is 44.8 Å². The van der Waals surface area contributed by atoms with Gasteiger partial charge in [-0.2, -0.15) is 0 Å². The highest BCUT2D eigenvalue weighted by Crippen LogP contribution is 2.19. The van der Waals surface area contributed by atoms with Crippen LogP contribution in [0.2, 0.25) is 0 Å². The fourth-order valence-electron chi connectivity index (χ4n) is 2.71. The molecule has 0 unspecified atom stereocenters. The van der Waals surface area contributed by atoms with Crippen LogP contribution in [-0.2, 0) is 12.8 Å². The summed E-state index contributed by atoms with van der Waals surface area (Å²) in [6.45, 7) is 8.28. The highest BCUT2D eigenvalue weighted by molar-refractivity contribution is 5.97. The monoisotopic (exact) mass is 267 g/mol. The Balaban J connectivity index is 2.33. The van der Waals surface area contributed by atoms with Crippen molar-refractivity contribution in [2.45, 2.75) is 40.5 Å². The topological polar surface area (TPSA) is 30.0 Å². The van der Waals surface area contributed by atoms with Crippen LogP contribution >= 0.6 is 0 Å². The molecule has 0 radical (unpaired) electrons. The lowest BCUT2D eigenvalue weighted by Gasteiger charge is -2.11. The molecule has 20 heavy (non-hydrogen) atoms. The lowest BCUT2D eigenvalue weighted by Crippen LogP contribution is -2.11. The van der Waals surface area contributed by atoms with E-state index in [1.807, 2.05) is 12.1 Å². The number of nitrogens with zero attached hydrogens (tertiary/aromatic N) is 1. The van der Waals surface area contributed by atoms with Gasteiger partial charge in [-0.05, 0) is 55.5 Å². The van der Waals surface area contributed by atoms with Gasteiger partial charge < -0.3 is 0 Å². The maximum Gasteiger partial charge on any atom is 0.185 e. The van der Waals surface area contributed by atoms with Crippen molar-refractivity contribution in [3.63, 3.8) is 0 Å². The lowest BCUT2D eigenvalue weighted by molar-refractivity contribution is 0.0987. The zero-order valence-corrected chi connectivity index (χ0v) is 12.7. The van der Waals surface area contributed by atoms with Gasteiger partial charge in [0.2, 0.25) is 0 Å². The largest absolute Gasteiger partial charge is 0.292 e. The molecule has 0 saturated carbocycles. The zero-order valence-electron chi connectivity index (χ0n) is 12.7. The number of hydrogen-bond acceptors (Lipinski definition) is 2. The first-order chi connectivity index (χ1) is 9.52. The molecule has 0 aliphatic heterocycles. The van der Waals surface area contributed by atoms with E-state index < -0.39 is 0 Å². The number of Topliss-reactive ketones (excluding diaryl/α,β-unsaturated/α-hetero) is 1. The molecule has 0 saturated heterocycles. The van der Waals surface area contributed by atoms with Gasteiger partial charge in [-0.25, -0.2) is 0 Å². The van der Waals surface area contributed by atoms with E-state index in [4.69, 9.17) is 0 Å². The predicted octanol–water partition coefficient (Wildman–Crippen LogP) is 3.99. The molecule has 1 heterocycles. The van der Waals surface area contributed by atoms with Crippen LogP contribution in [0.15, 0.2) is 30.5 Å². The van der Waals surface area contributed by atoms with Gasteiger partial charge >= 0.3 is 0 Å². The molecule has 2 nitrogen and oxygen atoms in total. The molecular weight excluding hydrogens is 246 g/mol. The number of rotatable bonds is 4. The molecule has 0 aliphatic carbocycles. The third-order valence-corrected chi connectivity index (χ3v) is 3.71. The number of aryl methyl sites for hydroxylation is 4. The SMILES string of the molecule is CCc1cccnc1C(=O)Cc1c(C)cc(C)cc1C. The minimum atomic E-state index is 0.109. The van der Waals surface area contributed by atoms with Crippen molar-refractivity contribution in [3.8, 4) is 0 Å². The van der Waals surface area contributed by atoms with Crippen LogP contribution in [0, 0.1) is 20.8 Å². The Morgan fingerprint density at radius 2 is 1.80 bits per heavy atom. The summed E-state index contributed by atoms with van der Waals surface area (Å²) in [7, 11) is 0. The first kappa shape index (κ1) is 14.4. The Kier molecular flexibility index (Phi) is 4.33. The molecule has 0 aliphatic rings. The Hall–Kier alpha value is -1.96. The molecule has 2 aromatic rings. The fraction of sp³-hybridized carbons (Fsp3) is 0.333. The summed E-state index contributed by atoms with van der Waals surface area (Å²) in [5, 5.41) is 0. The Labute approximate surface area is 120 Å². The first-order valence-electron chi connectivity index (χ1n) is 7.06. The number of ketones is 1. The summed E-state index contributed by atoms with van der Waals surface area (Å²) >= 11 is 0. The van der Waals surface area contributed by atoms with E-state index in [1.165, 1.54) is 16.7 Å². The maximum atomic E-state index is 12.5. The molecule has 104 valence electrons. The predicted molar refractivity (Wildman–Crippen MR) is 82.3 cm³/mol. The quantitative estimate of drug-likeness (QED) is 0.784. The van der Waals surface area contributed by atoms with E-state index in [0.717, 1.165) is 17.5 Å². The molecule has 0 spiro atoms. The van der Waals surface area contributed by atoms with Crippen molar-refractivity contribution < 1.29 is 4.79 Å². The van der Waals surface area contributed by atoms with E-state index in [-0.39, 0.29) is 5.78 Å². The molecule has 0 amide bonds.